The van der Waals surface area contributed by atoms with Crippen molar-refractivity contribution in [3.05, 3.63) is 39.9 Å². The Hall–Kier alpha value is -1.66. The zero-order chi connectivity index (χ0) is 14.8. The minimum atomic E-state index is -0.173. The second-order valence-corrected chi connectivity index (χ2v) is 6.41. The van der Waals surface area contributed by atoms with Crippen LogP contribution >= 0.6 is 11.3 Å². The molecule has 1 unspecified atom stereocenters. The Labute approximate surface area is 127 Å². The molecule has 1 amide bonds. The molecule has 1 saturated carbocycles. The van der Waals surface area contributed by atoms with Gasteiger partial charge < -0.3 is 14.7 Å². The van der Waals surface area contributed by atoms with Crippen LogP contribution in [-0.4, -0.2) is 36.6 Å². The number of likely N-dealkylation sites (N-methyl/N-ethyl adjacent to an activating group) is 1. The first-order chi connectivity index (χ1) is 10.1. The zero-order valence-corrected chi connectivity index (χ0v) is 13.0. The van der Waals surface area contributed by atoms with Crippen molar-refractivity contribution in [1.29, 1.82) is 0 Å². The average molecular weight is 305 g/mol. The molecule has 1 fully saturated rings. The van der Waals surface area contributed by atoms with Gasteiger partial charge in [-0.3, -0.25) is 4.79 Å². The number of carbonyl (C=O) groups is 1. The molecule has 3 rings (SSSR count). The van der Waals surface area contributed by atoms with Gasteiger partial charge >= 0.3 is 0 Å². The molecule has 0 radical (unpaired) electrons. The van der Waals surface area contributed by atoms with Gasteiger partial charge in [0.05, 0.1) is 6.04 Å². The maximum atomic E-state index is 12.1. The molecule has 0 bridgehead atoms. The number of hydrogen-bond donors (Lipinski definition) is 1. The van der Waals surface area contributed by atoms with Gasteiger partial charge in [0, 0.05) is 18.5 Å². The largest absolute Gasteiger partial charge is 0.360 e. The Morgan fingerprint density at radius 1 is 1.57 bits per heavy atom. The van der Waals surface area contributed by atoms with E-state index in [0.29, 0.717) is 18.2 Å². The van der Waals surface area contributed by atoms with Crippen molar-refractivity contribution in [2.75, 3.05) is 20.6 Å². The topological polar surface area (TPSA) is 58.4 Å². The average Bonchev–Trinajstić information content (AvgIpc) is 2.98. The Bertz CT molecular complexity index is 602. The fourth-order valence-corrected chi connectivity index (χ4v) is 3.01. The third-order valence-electron chi connectivity index (χ3n) is 3.75. The number of carbonyl (C=O) groups excluding carboxylic acids is 1. The summed E-state index contributed by atoms with van der Waals surface area (Å²) in [5, 5.41) is 11.0. The van der Waals surface area contributed by atoms with E-state index < -0.39 is 0 Å². The fraction of sp³-hybridized carbons (Fsp3) is 0.467. The number of nitrogens with one attached hydrogen (secondary N) is 1. The maximum absolute atomic E-state index is 12.1. The summed E-state index contributed by atoms with van der Waals surface area (Å²) in [6, 6.07) is 4.01. The number of thiophene rings is 1. The molecule has 1 aliphatic carbocycles. The fourth-order valence-electron chi connectivity index (χ4n) is 2.30. The number of amides is 1. The van der Waals surface area contributed by atoms with Crippen molar-refractivity contribution in [2.24, 2.45) is 0 Å². The molecule has 1 N–H and O–H groups in total. The minimum Gasteiger partial charge on any atom is -0.360 e. The third kappa shape index (κ3) is 3.33. The minimum absolute atomic E-state index is 0.162. The van der Waals surface area contributed by atoms with Gasteiger partial charge in [0.2, 0.25) is 0 Å². The number of aromatic nitrogens is 1. The highest BCUT2D eigenvalue weighted by molar-refractivity contribution is 7.07. The smallest absolute Gasteiger partial charge is 0.273 e. The molecule has 2 aromatic rings. The van der Waals surface area contributed by atoms with E-state index in [-0.39, 0.29) is 11.9 Å². The van der Waals surface area contributed by atoms with Crippen molar-refractivity contribution in [3.8, 4) is 0 Å². The lowest BCUT2D eigenvalue weighted by atomic mass is 10.1. The van der Waals surface area contributed by atoms with Crippen LogP contribution in [0.25, 0.3) is 0 Å². The zero-order valence-electron chi connectivity index (χ0n) is 12.2. The monoisotopic (exact) mass is 305 g/mol. The van der Waals surface area contributed by atoms with E-state index in [1.54, 1.807) is 17.4 Å². The van der Waals surface area contributed by atoms with Crippen LogP contribution in [0, 0.1) is 0 Å². The van der Waals surface area contributed by atoms with Gasteiger partial charge in [0.25, 0.3) is 5.91 Å². The molecule has 0 spiro atoms. The standard InChI is InChI=1S/C15H19N3O2S/c1-18(2)13(11-5-6-21-9-11)8-16-15(19)12-7-14(20-17-12)10-3-4-10/h5-7,9-10,13H,3-4,8H2,1-2H3,(H,16,19). The Morgan fingerprint density at radius 3 is 3.00 bits per heavy atom. The first-order valence-electron chi connectivity index (χ1n) is 7.08. The molecule has 0 saturated heterocycles. The predicted octanol–water partition coefficient (Wildman–Crippen LogP) is 2.65. The van der Waals surface area contributed by atoms with Crippen LogP contribution < -0.4 is 5.32 Å². The summed E-state index contributed by atoms with van der Waals surface area (Å²) in [5.74, 6) is 1.13. The van der Waals surface area contributed by atoms with Gasteiger partial charge in [0.15, 0.2) is 5.69 Å². The predicted molar refractivity (Wildman–Crippen MR) is 81.6 cm³/mol. The molecule has 112 valence electrons. The molecular weight excluding hydrogens is 286 g/mol. The first-order valence-corrected chi connectivity index (χ1v) is 8.02. The van der Waals surface area contributed by atoms with Crippen LogP contribution in [0.15, 0.2) is 27.4 Å². The highest BCUT2D eigenvalue weighted by Crippen LogP contribution is 2.40. The summed E-state index contributed by atoms with van der Waals surface area (Å²) in [5.41, 5.74) is 1.59. The van der Waals surface area contributed by atoms with Gasteiger partial charge in [-0.25, -0.2) is 0 Å². The van der Waals surface area contributed by atoms with Crippen LogP contribution in [0.3, 0.4) is 0 Å². The molecule has 0 aromatic carbocycles. The van der Waals surface area contributed by atoms with E-state index in [1.165, 1.54) is 5.56 Å². The Balaban J connectivity index is 1.60. The van der Waals surface area contributed by atoms with E-state index in [1.807, 2.05) is 19.5 Å². The summed E-state index contributed by atoms with van der Waals surface area (Å²) in [7, 11) is 4.02. The van der Waals surface area contributed by atoms with Crippen LogP contribution in [0.4, 0.5) is 0 Å². The third-order valence-corrected chi connectivity index (χ3v) is 4.45. The highest BCUT2D eigenvalue weighted by atomic mass is 32.1. The van der Waals surface area contributed by atoms with Crippen molar-refractivity contribution in [1.82, 2.24) is 15.4 Å². The lowest BCUT2D eigenvalue weighted by Crippen LogP contribution is -2.34. The molecule has 1 atom stereocenters. The lowest BCUT2D eigenvalue weighted by Gasteiger charge is -2.23. The van der Waals surface area contributed by atoms with Crippen LogP contribution in [-0.2, 0) is 0 Å². The van der Waals surface area contributed by atoms with Crippen molar-refractivity contribution in [3.63, 3.8) is 0 Å². The maximum Gasteiger partial charge on any atom is 0.273 e. The van der Waals surface area contributed by atoms with Gasteiger partial charge in [-0.05, 0) is 49.3 Å². The highest BCUT2D eigenvalue weighted by Gasteiger charge is 2.29. The SMILES string of the molecule is CN(C)C(CNC(=O)c1cc(C2CC2)on1)c1ccsc1. The second kappa shape index (κ2) is 5.99. The van der Waals surface area contributed by atoms with Crippen LogP contribution in [0.2, 0.25) is 0 Å². The number of hydrogen-bond acceptors (Lipinski definition) is 5. The van der Waals surface area contributed by atoms with Crippen LogP contribution in [0.5, 0.6) is 0 Å². The summed E-state index contributed by atoms with van der Waals surface area (Å²) in [6.45, 7) is 0.550. The molecule has 21 heavy (non-hydrogen) atoms. The van der Waals surface area contributed by atoms with Crippen molar-refractivity contribution < 1.29 is 9.32 Å². The quantitative estimate of drug-likeness (QED) is 0.891. The van der Waals surface area contributed by atoms with E-state index in [4.69, 9.17) is 4.52 Å². The van der Waals surface area contributed by atoms with Crippen molar-refractivity contribution in [2.45, 2.75) is 24.8 Å². The van der Waals surface area contributed by atoms with Gasteiger partial charge in [0.1, 0.15) is 5.76 Å². The molecule has 1 aliphatic rings. The molecule has 2 heterocycles. The second-order valence-electron chi connectivity index (χ2n) is 5.63. The van der Waals surface area contributed by atoms with E-state index >= 15 is 0 Å². The number of rotatable bonds is 6. The molecule has 2 aromatic heterocycles. The summed E-state index contributed by atoms with van der Waals surface area (Å²) >= 11 is 1.66. The molecule has 5 nitrogen and oxygen atoms in total. The van der Waals surface area contributed by atoms with E-state index in [2.05, 4.69) is 26.8 Å². The normalized spacial score (nSPS) is 16.1. The van der Waals surface area contributed by atoms with E-state index in [0.717, 1.165) is 18.6 Å². The first kappa shape index (κ1) is 14.3. The van der Waals surface area contributed by atoms with Gasteiger partial charge in [-0.1, -0.05) is 5.16 Å². The van der Waals surface area contributed by atoms with Crippen LogP contribution in [0.1, 0.15) is 46.6 Å². The molecule has 0 aliphatic heterocycles. The van der Waals surface area contributed by atoms with Crippen molar-refractivity contribution >= 4 is 17.2 Å². The summed E-state index contributed by atoms with van der Waals surface area (Å²) < 4.78 is 5.22. The molecular formula is C15H19N3O2S. The summed E-state index contributed by atoms with van der Waals surface area (Å²) in [4.78, 5) is 14.2. The Kier molecular flexibility index (Phi) is 4.07. The number of nitrogens with zero attached hydrogens (tertiary/aromatic N) is 2. The lowest BCUT2D eigenvalue weighted by molar-refractivity contribution is 0.0933. The van der Waals surface area contributed by atoms with Gasteiger partial charge in [-0.15, -0.1) is 0 Å². The summed E-state index contributed by atoms with van der Waals surface area (Å²) in [6.07, 6.45) is 2.27. The van der Waals surface area contributed by atoms with Gasteiger partial charge in [-0.2, -0.15) is 11.3 Å². The van der Waals surface area contributed by atoms with E-state index in [9.17, 15) is 4.79 Å². The Morgan fingerprint density at radius 2 is 2.38 bits per heavy atom. The molecule has 6 heteroatoms.